The fraction of sp³-hybridized carbons (Fsp3) is 0.111. The average molecular weight is 591 g/mol. The van der Waals surface area contributed by atoms with E-state index >= 15 is 0 Å². The van der Waals surface area contributed by atoms with Crippen molar-refractivity contribution in [2.45, 2.75) is 0 Å². The van der Waals surface area contributed by atoms with Crippen molar-refractivity contribution in [3.8, 4) is 45.3 Å². The molecule has 0 saturated heterocycles. The van der Waals surface area contributed by atoms with Gasteiger partial charge in [-0.3, -0.25) is 0 Å². The van der Waals surface area contributed by atoms with Gasteiger partial charge in [-0.25, -0.2) is 9.59 Å². The van der Waals surface area contributed by atoms with Crippen LogP contribution < -0.4 is 18.9 Å². The first kappa shape index (κ1) is 29.7. The lowest BCUT2D eigenvalue weighted by atomic mass is 9.85. The van der Waals surface area contributed by atoms with Crippen molar-refractivity contribution in [2.24, 2.45) is 0 Å². The van der Waals surface area contributed by atoms with Crippen molar-refractivity contribution in [1.82, 2.24) is 0 Å². The molecule has 5 aromatic carbocycles. The predicted octanol–water partition coefficient (Wildman–Crippen LogP) is 7.56. The smallest absolute Gasteiger partial charge is 0.328 e. The van der Waals surface area contributed by atoms with E-state index in [1.165, 1.54) is 0 Å². The largest absolute Gasteiger partial charge is 0.493 e. The average Bonchev–Trinajstić information content (AvgIpc) is 3.04. The number of ether oxygens (including phenoxy) is 4. The molecule has 0 aliphatic carbocycles. The van der Waals surface area contributed by atoms with Gasteiger partial charge in [0.25, 0.3) is 0 Å². The zero-order valence-corrected chi connectivity index (χ0v) is 24.6. The van der Waals surface area contributed by atoms with Crippen molar-refractivity contribution < 1.29 is 38.7 Å². The van der Waals surface area contributed by atoms with Crippen molar-refractivity contribution in [1.29, 1.82) is 0 Å². The Morgan fingerprint density at radius 2 is 0.773 bits per heavy atom. The first-order valence-electron chi connectivity index (χ1n) is 13.6. The molecule has 0 aliphatic rings. The number of methoxy groups -OCH3 is 4. The molecule has 0 aliphatic heterocycles. The molecule has 44 heavy (non-hydrogen) atoms. The molecule has 0 saturated carbocycles. The molecule has 0 amide bonds. The number of fused-ring (bicyclic) bond motifs is 2. The van der Waals surface area contributed by atoms with E-state index in [1.54, 1.807) is 40.6 Å². The van der Waals surface area contributed by atoms with E-state index in [-0.39, 0.29) is 0 Å². The van der Waals surface area contributed by atoms with Crippen LogP contribution in [0.15, 0.2) is 84.9 Å². The minimum absolute atomic E-state index is 0.558. The Kier molecular flexibility index (Phi) is 8.53. The highest BCUT2D eigenvalue weighted by Crippen LogP contribution is 2.49. The van der Waals surface area contributed by atoms with Gasteiger partial charge in [0, 0.05) is 12.2 Å². The third-order valence-corrected chi connectivity index (χ3v) is 7.36. The summed E-state index contributed by atoms with van der Waals surface area (Å²) in [5, 5.41) is 21.7. The lowest BCUT2D eigenvalue weighted by Gasteiger charge is -2.21. The SMILES string of the molecule is COc1cc2c(-c3ccc(/C=C/C(=O)O)cc3)c3cc(OC)c(OC)cc3c(-c3ccc(/C=C/C(=O)O)cc3)c2cc1OC. The van der Waals surface area contributed by atoms with Gasteiger partial charge >= 0.3 is 11.9 Å². The van der Waals surface area contributed by atoms with E-state index in [0.717, 1.165) is 67.1 Å². The normalized spacial score (nSPS) is 11.4. The predicted molar refractivity (Wildman–Crippen MR) is 172 cm³/mol. The highest BCUT2D eigenvalue weighted by molar-refractivity contribution is 6.22. The second-order valence-corrected chi connectivity index (χ2v) is 9.84. The van der Waals surface area contributed by atoms with Gasteiger partial charge in [0.2, 0.25) is 0 Å². The highest BCUT2D eigenvalue weighted by atomic mass is 16.5. The molecular formula is C36H30O8. The molecule has 5 aromatic rings. The monoisotopic (exact) mass is 590 g/mol. The quantitative estimate of drug-likeness (QED) is 0.127. The second kappa shape index (κ2) is 12.6. The zero-order chi connectivity index (χ0) is 31.4. The summed E-state index contributed by atoms with van der Waals surface area (Å²) in [5.74, 6) is 0.193. The van der Waals surface area contributed by atoms with E-state index in [0.29, 0.717) is 23.0 Å². The summed E-state index contributed by atoms with van der Waals surface area (Å²) in [6.45, 7) is 0. The van der Waals surface area contributed by atoms with Crippen LogP contribution in [0.5, 0.6) is 23.0 Å². The van der Waals surface area contributed by atoms with Crippen molar-refractivity contribution in [2.75, 3.05) is 28.4 Å². The lowest BCUT2D eigenvalue weighted by Crippen LogP contribution is -1.97. The van der Waals surface area contributed by atoms with Crippen LogP contribution in [0.4, 0.5) is 0 Å². The maximum atomic E-state index is 11.0. The van der Waals surface area contributed by atoms with E-state index in [9.17, 15) is 9.59 Å². The van der Waals surface area contributed by atoms with E-state index in [4.69, 9.17) is 29.2 Å². The molecular weight excluding hydrogens is 560 g/mol. The van der Waals surface area contributed by atoms with Gasteiger partial charge in [-0.15, -0.1) is 0 Å². The summed E-state index contributed by atoms with van der Waals surface area (Å²) >= 11 is 0. The summed E-state index contributed by atoms with van der Waals surface area (Å²) in [5.41, 5.74) is 5.11. The third-order valence-electron chi connectivity index (χ3n) is 7.36. The van der Waals surface area contributed by atoms with Gasteiger partial charge in [-0.1, -0.05) is 48.5 Å². The number of carboxylic acids is 2. The molecule has 0 bridgehead atoms. The topological polar surface area (TPSA) is 112 Å². The Balaban J connectivity index is 1.90. The van der Waals surface area contributed by atoms with E-state index in [2.05, 4.69) is 0 Å². The van der Waals surface area contributed by atoms with Gasteiger partial charge in [0.1, 0.15) is 0 Å². The molecule has 5 rings (SSSR count). The summed E-state index contributed by atoms with van der Waals surface area (Å²) in [7, 11) is 6.36. The van der Waals surface area contributed by atoms with Crippen molar-refractivity contribution in [3.05, 3.63) is 96.1 Å². The van der Waals surface area contributed by atoms with Crippen LogP contribution in [0, 0.1) is 0 Å². The third kappa shape index (κ3) is 5.78. The van der Waals surface area contributed by atoms with Crippen LogP contribution in [0.2, 0.25) is 0 Å². The van der Waals surface area contributed by atoms with Gasteiger partial charge in [0.05, 0.1) is 28.4 Å². The Morgan fingerprint density at radius 3 is 1.00 bits per heavy atom. The number of benzene rings is 5. The molecule has 0 aromatic heterocycles. The number of hydrogen-bond acceptors (Lipinski definition) is 6. The number of carbonyl (C=O) groups is 2. The fourth-order valence-electron chi connectivity index (χ4n) is 5.35. The molecule has 0 atom stereocenters. The number of carboxylic acid groups (broad SMARTS) is 2. The minimum atomic E-state index is -1.02. The molecule has 8 heteroatoms. The number of rotatable bonds is 10. The van der Waals surface area contributed by atoms with E-state index in [1.807, 2.05) is 72.8 Å². The van der Waals surface area contributed by atoms with Crippen LogP contribution in [-0.4, -0.2) is 50.6 Å². The Bertz CT molecular complexity index is 1720. The Morgan fingerprint density at radius 1 is 0.500 bits per heavy atom. The summed E-state index contributed by atoms with van der Waals surface area (Å²) in [4.78, 5) is 22.1. The summed E-state index contributed by atoms with van der Waals surface area (Å²) in [6, 6.07) is 23.1. The number of aliphatic carboxylic acids is 2. The van der Waals surface area contributed by atoms with Crippen molar-refractivity contribution >= 4 is 45.6 Å². The van der Waals surface area contributed by atoms with Crippen LogP contribution in [0.25, 0.3) is 56.0 Å². The minimum Gasteiger partial charge on any atom is -0.493 e. The Labute approximate surface area is 254 Å². The molecule has 0 radical (unpaired) electrons. The van der Waals surface area contributed by atoms with Crippen LogP contribution in [0.3, 0.4) is 0 Å². The zero-order valence-electron chi connectivity index (χ0n) is 24.6. The van der Waals surface area contributed by atoms with Gasteiger partial charge in [-0.05, 0) is 91.3 Å². The molecule has 222 valence electrons. The fourth-order valence-corrected chi connectivity index (χ4v) is 5.35. The maximum Gasteiger partial charge on any atom is 0.328 e. The number of hydrogen-bond donors (Lipinski definition) is 2. The van der Waals surface area contributed by atoms with Crippen LogP contribution in [0.1, 0.15) is 11.1 Å². The highest BCUT2D eigenvalue weighted by Gasteiger charge is 2.22. The summed E-state index contributed by atoms with van der Waals surface area (Å²) < 4.78 is 22.9. The molecule has 0 spiro atoms. The van der Waals surface area contributed by atoms with Gasteiger partial charge < -0.3 is 29.2 Å². The second-order valence-electron chi connectivity index (χ2n) is 9.84. The molecule has 0 heterocycles. The Hall–Kier alpha value is -5.76. The standard InChI is InChI=1S/C36H30O8/c1-41-29-17-25-26(18-30(29)42-2)36(24-13-7-22(8-14-24)10-16-34(39)40)28-20-32(44-4)31(43-3)19-27(28)35(25)23-11-5-21(6-12-23)9-15-33(37)38/h5-20H,1-4H3,(H,37,38)(H,39,40)/b15-9+,16-10+. The van der Waals surface area contributed by atoms with Gasteiger partial charge in [-0.2, -0.15) is 0 Å². The van der Waals surface area contributed by atoms with Crippen LogP contribution in [-0.2, 0) is 9.59 Å². The first-order chi connectivity index (χ1) is 21.3. The maximum absolute atomic E-state index is 11.0. The molecule has 0 fully saturated rings. The lowest BCUT2D eigenvalue weighted by molar-refractivity contribution is -0.132. The van der Waals surface area contributed by atoms with Crippen molar-refractivity contribution in [3.63, 3.8) is 0 Å². The van der Waals surface area contributed by atoms with E-state index < -0.39 is 11.9 Å². The molecule has 0 unspecified atom stereocenters. The molecule has 8 nitrogen and oxygen atoms in total. The van der Waals surface area contributed by atoms with Crippen LogP contribution >= 0.6 is 0 Å². The molecule has 2 N–H and O–H groups in total. The summed E-state index contributed by atoms with van der Waals surface area (Å²) in [6.07, 6.45) is 5.29. The first-order valence-corrected chi connectivity index (χ1v) is 13.6. The van der Waals surface area contributed by atoms with Gasteiger partial charge in [0.15, 0.2) is 23.0 Å².